The monoisotopic (exact) mass is 210 g/mol. The molecule has 1 unspecified atom stereocenters. The van der Waals surface area contributed by atoms with Crippen LogP contribution in [0.25, 0.3) is 0 Å². The van der Waals surface area contributed by atoms with E-state index in [4.69, 9.17) is 17.3 Å². The molecule has 1 aromatic carbocycles. The van der Waals surface area contributed by atoms with Gasteiger partial charge in [-0.1, -0.05) is 17.7 Å². The van der Waals surface area contributed by atoms with Crippen molar-refractivity contribution in [2.24, 2.45) is 5.73 Å². The van der Waals surface area contributed by atoms with Crippen molar-refractivity contribution < 1.29 is 0 Å². The summed E-state index contributed by atoms with van der Waals surface area (Å²) in [4.78, 5) is 2.26. The molecule has 2 rings (SSSR count). The van der Waals surface area contributed by atoms with Gasteiger partial charge in [0, 0.05) is 13.1 Å². The molecular formula is C11H15ClN2. The van der Waals surface area contributed by atoms with Gasteiger partial charge in [0.1, 0.15) is 0 Å². The van der Waals surface area contributed by atoms with Crippen LogP contribution in [0, 0.1) is 13.8 Å². The minimum Gasteiger partial charge on any atom is -0.362 e. The maximum absolute atomic E-state index is 6.21. The highest BCUT2D eigenvalue weighted by molar-refractivity contribution is 6.33. The van der Waals surface area contributed by atoms with E-state index in [1.165, 1.54) is 11.1 Å². The second kappa shape index (κ2) is 3.44. The number of rotatable bonds is 2. The second-order valence-corrected chi connectivity index (χ2v) is 4.36. The van der Waals surface area contributed by atoms with Gasteiger partial charge in [-0.2, -0.15) is 0 Å². The quantitative estimate of drug-likeness (QED) is 0.758. The molecule has 0 aliphatic carbocycles. The normalized spacial score (nSPS) is 20.0. The van der Waals surface area contributed by atoms with Gasteiger partial charge in [-0.15, -0.1) is 0 Å². The molecule has 1 atom stereocenters. The molecule has 1 heterocycles. The SMILES string of the molecule is Cc1cc(C)c(N2CC2CN)c(Cl)c1. The minimum atomic E-state index is 0.494. The summed E-state index contributed by atoms with van der Waals surface area (Å²) in [5, 5.41) is 0.846. The highest BCUT2D eigenvalue weighted by Gasteiger charge is 2.34. The van der Waals surface area contributed by atoms with Crippen molar-refractivity contribution in [1.82, 2.24) is 0 Å². The van der Waals surface area contributed by atoms with Crippen LogP contribution in [-0.4, -0.2) is 19.1 Å². The van der Waals surface area contributed by atoms with Crippen molar-refractivity contribution in [3.05, 3.63) is 28.3 Å². The molecule has 3 heteroatoms. The Kier molecular flexibility index (Phi) is 2.41. The first-order chi connectivity index (χ1) is 6.63. The van der Waals surface area contributed by atoms with E-state index >= 15 is 0 Å². The number of anilines is 1. The molecule has 2 N–H and O–H groups in total. The van der Waals surface area contributed by atoms with Gasteiger partial charge < -0.3 is 10.6 Å². The van der Waals surface area contributed by atoms with Gasteiger partial charge in [0.2, 0.25) is 0 Å². The van der Waals surface area contributed by atoms with Crippen LogP contribution < -0.4 is 10.6 Å². The molecular weight excluding hydrogens is 196 g/mol. The van der Waals surface area contributed by atoms with E-state index in [0.29, 0.717) is 12.6 Å². The second-order valence-electron chi connectivity index (χ2n) is 3.95. The summed E-state index contributed by atoms with van der Waals surface area (Å²) in [7, 11) is 0. The van der Waals surface area contributed by atoms with Crippen LogP contribution >= 0.6 is 11.6 Å². The van der Waals surface area contributed by atoms with Crippen LogP contribution in [0.4, 0.5) is 5.69 Å². The molecule has 0 radical (unpaired) electrons. The lowest BCUT2D eigenvalue weighted by Gasteiger charge is -2.12. The van der Waals surface area contributed by atoms with Crippen LogP contribution in [0.15, 0.2) is 12.1 Å². The Hall–Kier alpha value is -0.730. The number of aryl methyl sites for hydroxylation is 2. The first-order valence-corrected chi connectivity index (χ1v) is 5.24. The minimum absolute atomic E-state index is 0.494. The number of hydrogen-bond acceptors (Lipinski definition) is 2. The first kappa shape index (κ1) is 9.81. The lowest BCUT2D eigenvalue weighted by molar-refractivity contribution is 0.965. The van der Waals surface area contributed by atoms with Crippen LogP contribution in [0.1, 0.15) is 11.1 Å². The number of nitrogens with two attached hydrogens (primary N) is 1. The van der Waals surface area contributed by atoms with Crippen molar-refractivity contribution in [1.29, 1.82) is 0 Å². The average Bonchev–Trinajstić information content (AvgIpc) is 2.81. The Morgan fingerprint density at radius 3 is 2.71 bits per heavy atom. The molecule has 0 spiro atoms. The summed E-state index contributed by atoms with van der Waals surface area (Å²) >= 11 is 6.21. The summed E-state index contributed by atoms with van der Waals surface area (Å²) < 4.78 is 0. The van der Waals surface area contributed by atoms with E-state index in [1.807, 2.05) is 6.07 Å². The number of hydrogen-bond donors (Lipinski definition) is 1. The largest absolute Gasteiger partial charge is 0.362 e. The zero-order valence-corrected chi connectivity index (χ0v) is 9.30. The number of halogens is 1. The molecule has 0 saturated carbocycles. The topological polar surface area (TPSA) is 29.0 Å². The van der Waals surface area contributed by atoms with Gasteiger partial charge in [-0.25, -0.2) is 0 Å². The van der Waals surface area contributed by atoms with Gasteiger partial charge in [-0.05, 0) is 31.0 Å². The van der Waals surface area contributed by atoms with Crippen LogP contribution in [0.2, 0.25) is 5.02 Å². The zero-order valence-electron chi connectivity index (χ0n) is 8.55. The van der Waals surface area contributed by atoms with Crippen molar-refractivity contribution in [3.63, 3.8) is 0 Å². The third kappa shape index (κ3) is 1.60. The summed E-state index contributed by atoms with van der Waals surface area (Å²) in [5.74, 6) is 0. The standard InChI is InChI=1S/C11H15ClN2/c1-7-3-8(2)11(10(12)4-7)14-6-9(14)5-13/h3-4,9H,5-6,13H2,1-2H3. The van der Waals surface area contributed by atoms with Gasteiger partial charge >= 0.3 is 0 Å². The molecule has 14 heavy (non-hydrogen) atoms. The van der Waals surface area contributed by atoms with Crippen molar-refractivity contribution >= 4 is 17.3 Å². The van der Waals surface area contributed by atoms with Crippen LogP contribution in [-0.2, 0) is 0 Å². The van der Waals surface area contributed by atoms with E-state index in [1.54, 1.807) is 0 Å². The molecule has 1 aromatic rings. The van der Waals surface area contributed by atoms with Crippen molar-refractivity contribution in [3.8, 4) is 0 Å². The molecule has 0 aromatic heterocycles. The summed E-state index contributed by atoms with van der Waals surface area (Å²) in [6.45, 7) is 5.91. The average molecular weight is 211 g/mol. The van der Waals surface area contributed by atoms with E-state index in [9.17, 15) is 0 Å². The van der Waals surface area contributed by atoms with E-state index < -0.39 is 0 Å². The summed E-state index contributed by atoms with van der Waals surface area (Å²) in [6.07, 6.45) is 0. The smallest absolute Gasteiger partial charge is 0.0645 e. The van der Waals surface area contributed by atoms with Gasteiger partial charge in [-0.3, -0.25) is 0 Å². The predicted octanol–water partition coefficient (Wildman–Crippen LogP) is 2.10. The van der Waals surface area contributed by atoms with E-state index in [0.717, 1.165) is 17.3 Å². The highest BCUT2D eigenvalue weighted by Crippen LogP contribution is 2.37. The molecule has 1 saturated heterocycles. The Morgan fingerprint density at radius 2 is 2.21 bits per heavy atom. The zero-order chi connectivity index (χ0) is 10.3. The molecule has 0 bridgehead atoms. The fourth-order valence-electron chi connectivity index (χ4n) is 1.93. The Morgan fingerprint density at radius 1 is 1.50 bits per heavy atom. The first-order valence-electron chi connectivity index (χ1n) is 4.87. The third-order valence-electron chi connectivity index (χ3n) is 2.67. The van der Waals surface area contributed by atoms with E-state index in [2.05, 4.69) is 24.8 Å². The van der Waals surface area contributed by atoms with Crippen molar-refractivity contribution in [2.75, 3.05) is 18.0 Å². The molecule has 1 aliphatic rings. The van der Waals surface area contributed by atoms with Gasteiger partial charge in [0.05, 0.1) is 16.8 Å². The maximum Gasteiger partial charge on any atom is 0.0645 e. The van der Waals surface area contributed by atoms with Gasteiger partial charge in [0.15, 0.2) is 0 Å². The summed E-state index contributed by atoms with van der Waals surface area (Å²) in [6, 6.07) is 4.66. The Balaban J connectivity index is 2.34. The fraction of sp³-hybridized carbons (Fsp3) is 0.455. The number of benzene rings is 1. The molecule has 1 fully saturated rings. The van der Waals surface area contributed by atoms with Gasteiger partial charge in [0.25, 0.3) is 0 Å². The van der Waals surface area contributed by atoms with Crippen LogP contribution in [0.5, 0.6) is 0 Å². The molecule has 2 nitrogen and oxygen atoms in total. The predicted molar refractivity (Wildman–Crippen MR) is 61.1 cm³/mol. The fourth-order valence-corrected chi connectivity index (χ4v) is 2.36. The Labute approximate surface area is 89.7 Å². The Bertz CT molecular complexity index is 339. The molecule has 76 valence electrons. The lowest BCUT2D eigenvalue weighted by atomic mass is 10.1. The highest BCUT2D eigenvalue weighted by atomic mass is 35.5. The maximum atomic E-state index is 6.21. The lowest BCUT2D eigenvalue weighted by Crippen LogP contribution is -2.12. The third-order valence-corrected chi connectivity index (χ3v) is 2.96. The summed E-state index contributed by atoms with van der Waals surface area (Å²) in [5.41, 5.74) is 9.22. The van der Waals surface area contributed by atoms with Crippen LogP contribution in [0.3, 0.4) is 0 Å². The van der Waals surface area contributed by atoms with E-state index in [-0.39, 0.29) is 0 Å². The number of nitrogens with zero attached hydrogens (tertiary/aromatic N) is 1. The molecule has 0 amide bonds. The molecule has 1 aliphatic heterocycles. The van der Waals surface area contributed by atoms with Crippen molar-refractivity contribution in [2.45, 2.75) is 19.9 Å².